The molecule has 1 saturated heterocycles. The SMILES string of the molecule is CCC(C)(C)NC(=O)NCC1CCOCC1. The molecule has 1 aliphatic rings. The maximum absolute atomic E-state index is 11.6. The Morgan fingerprint density at radius 2 is 2.00 bits per heavy atom. The van der Waals surface area contributed by atoms with Gasteiger partial charge in [0.15, 0.2) is 0 Å². The van der Waals surface area contributed by atoms with Crippen LogP contribution in [0.3, 0.4) is 0 Å². The summed E-state index contributed by atoms with van der Waals surface area (Å²) in [5, 5.41) is 5.90. The van der Waals surface area contributed by atoms with E-state index in [-0.39, 0.29) is 11.6 Å². The number of hydrogen-bond acceptors (Lipinski definition) is 2. The molecule has 4 nitrogen and oxygen atoms in total. The van der Waals surface area contributed by atoms with Gasteiger partial charge in [-0.05, 0) is 39.0 Å². The van der Waals surface area contributed by atoms with Gasteiger partial charge in [0.05, 0.1) is 0 Å². The molecule has 0 aromatic heterocycles. The Balaban J connectivity index is 2.19. The largest absolute Gasteiger partial charge is 0.381 e. The Morgan fingerprint density at radius 3 is 2.56 bits per heavy atom. The van der Waals surface area contributed by atoms with E-state index in [9.17, 15) is 4.79 Å². The maximum atomic E-state index is 11.6. The van der Waals surface area contributed by atoms with E-state index in [4.69, 9.17) is 4.74 Å². The van der Waals surface area contributed by atoms with Crippen LogP contribution in [0.25, 0.3) is 0 Å². The molecular weight excluding hydrogens is 204 g/mol. The van der Waals surface area contributed by atoms with Crippen LogP contribution in [-0.2, 0) is 4.74 Å². The van der Waals surface area contributed by atoms with E-state index in [2.05, 4.69) is 17.6 Å². The lowest BCUT2D eigenvalue weighted by atomic mass is 10.0. The van der Waals surface area contributed by atoms with Gasteiger partial charge >= 0.3 is 6.03 Å². The molecule has 0 saturated carbocycles. The molecule has 94 valence electrons. The fourth-order valence-corrected chi connectivity index (χ4v) is 1.63. The zero-order valence-corrected chi connectivity index (χ0v) is 10.6. The first-order valence-corrected chi connectivity index (χ1v) is 6.17. The second-order valence-electron chi connectivity index (χ2n) is 5.13. The minimum Gasteiger partial charge on any atom is -0.381 e. The van der Waals surface area contributed by atoms with E-state index in [1.807, 2.05) is 13.8 Å². The first kappa shape index (κ1) is 13.3. The fourth-order valence-electron chi connectivity index (χ4n) is 1.63. The smallest absolute Gasteiger partial charge is 0.315 e. The molecule has 1 heterocycles. The molecule has 0 bridgehead atoms. The Morgan fingerprint density at radius 1 is 1.38 bits per heavy atom. The van der Waals surface area contributed by atoms with Gasteiger partial charge in [0.2, 0.25) is 0 Å². The Bertz CT molecular complexity index is 223. The van der Waals surface area contributed by atoms with E-state index in [0.717, 1.165) is 39.0 Å². The van der Waals surface area contributed by atoms with Gasteiger partial charge in [-0.15, -0.1) is 0 Å². The number of urea groups is 1. The van der Waals surface area contributed by atoms with Crippen molar-refractivity contribution in [3.8, 4) is 0 Å². The fraction of sp³-hybridized carbons (Fsp3) is 0.917. The molecule has 0 aromatic carbocycles. The monoisotopic (exact) mass is 228 g/mol. The predicted octanol–water partition coefficient (Wildman–Crippen LogP) is 1.90. The van der Waals surface area contributed by atoms with Gasteiger partial charge in [-0.1, -0.05) is 6.92 Å². The number of carbonyl (C=O) groups is 1. The van der Waals surface area contributed by atoms with E-state index < -0.39 is 0 Å². The second kappa shape index (κ2) is 6.09. The summed E-state index contributed by atoms with van der Waals surface area (Å²) < 4.78 is 5.28. The lowest BCUT2D eigenvalue weighted by molar-refractivity contribution is 0.0668. The van der Waals surface area contributed by atoms with Crippen molar-refractivity contribution in [1.29, 1.82) is 0 Å². The average molecular weight is 228 g/mol. The third-order valence-corrected chi connectivity index (χ3v) is 3.23. The summed E-state index contributed by atoms with van der Waals surface area (Å²) in [6.07, 6.45) is 3.03. The minimum absolute atomic E-state index is 0.0571. The van der Waals surface area contributed by atoms with Gasteiger partial charge in [-0.3, -0.25) is 0 Å². The third-order valence-electron chi connectivity index (χ3n) is 3.23. The topological polar surface area (TPSA) is 50.4 Å². The highest BCUT2D eigenvalue weighted by Crippen LogP contribution is 2.13. The summed E-state index contributed by atoms with van der Waals surface area (Å²) in [6, 6.07) is -0.0571. The zero-order chi connectivity index (χ0) is 12.0. The number of ether oxygens (including phenoxy) is 1. The molecular formula is C12H24N2O2. The molecule has 0 aliphatic carbocycles. The van der Waals surface area contributed by atoms with Crippen LogP contribution >= 0.6 is 0 Å². The predicted molar refractivity (Wildman–Crippen MR) is 64.4 cm³/mol. The number of amides is 2. The van der Waals surface area contributed by atoms with Crippen molar-refractivity contribution < 1.29 is 9.53 Å². The van der Waals surface area contributed by atoms with Crippen LogP contribution in [0.5, 0.6) is 0 Å². The first-order valence-electron chi connectivity index (χ1n) is 6.17. The van der Waals surface area contributed by atoms with Gasteiger partial charge in [0.1, 0.15) is 0 Å². The van der Waals surface area contributed by atoms with E-state index in [1.165, 1.54) is 0 Å². The zero-order valence-electron chi connectivity index (χ0n) is 10.6. The molecule has 0 aromatic rings. The van der Waals surface area contributed by atoms with Crippen LogP contribution in [-0.4, -0.2) is 31.3 Å². The van der Waals surface area contributed by atoms with Crippen molar-refractivity contribution in [1.82, 2.24) is 10.6 Å². The second-order valence-corrected chi connectivity index (χ2v) is 5.13. The van der Waals surface area contributed by atoms with E-state index in [0.29, 0.717) is 5.92 Å². The average Bonchev–Trinajstić information content (AvgIpc) is 2.27. The van der Waals surface area contributed by atoms with Crippen molar-refractivity contribution >= 4 is 6.03 Å². The lowest BCUT2D eigenvalue weighted by Gasteiger charge is -2.26. The van der Waals surface area contributed by atoms with Crippen molar-refractivity contribution in [2.45, 2.75) is 45.6 Å². The molecule has 0 unspecified atom stereocenters. The molecule has 4 heteroatoms. The maximum Gasteiger partial charge on any atom is 0.315 e. The highest BCUT2D eigenvalue weighted by molar-refractivity contribution is 5.74. The Hall–Kier alpha value is -0.770. The van der Waals surface area contributed by atoms with Crippen LogP contribution in [0.15, 0.2) is 0 Å². The molecule has 1 fully saturated rings. The molecule has 0 radical (unpaired) electrons. The number of hydrogen-bond donors (Lipinski definition) is 2. The highest BCUT2D eigenvalue weighted by Gasteiger charge is 2.19. The normalized spacial score (nSPS) is 18.2. The Kier molecular flexibility index (Phi) is 5.06. The van der Waals surface area contributed by atoms with Crippen LogP contribution in [0.4, 0.5) is 4.79 Å². The van der Waals surface area contributed by atoms with Crippen LogP contribution in [0.1, 0.15) is 40.0 Å². The summed E-state index contributed by atoms with van der Waals surface area (Å²) in [5.74, 6) is 0.573. The minimum atomic E-state index is -0.125. The summed E-state index contributed by atoms with van der Waals surface area (Å²) in [4.78, 5) is 11.6. The molecule has 16 heavy (non-hydrogen) atoms. The van der Waals surface area contributed by atoms with E-state index in [1.54, 1.807) is 0 Å². The number of nitrogens with one attached hydrogen (secondary N) is 2. The van der Waals surface area contributed by atoms with Gasteiger partial charge in [0.25, 0.3) is 0 Å². The van der Waals surface area contributed by atoms with E-state index >= 15 is 0 Å². The van der Waals surface area contributed by atoms with Crippen molar-refractivity contribution in [3.05, 3.63) is 0 Å². The number of rotatable bonds is 4. The molecule has 2 N–H and O–H groups in total. The van der Waals surface area contributed by atoms with Crippen molar-refractivity contribution in [3.63, 3.8) is 0 Å². The van der Waals surface area contributed by atoms with Crippen LogP contribution < -0.4 is 10.6 Å². The van der Waals surface area contributed by atoms with Gasteiger partial charge in [-0.25, -0.2) is 4.79 Å². The van der Waals surface area contributed by atoms with Crippen molar-refractivity contribution in [2.75, 3.05) is 19.8 Å². The molecule has 1 rings (SSSR count). The highest BCUT2D eigenvalue weighted by atomic mass is 16.5. The summed E-state index contributed by atoms with van der Waals surface area (Å²) in [5.41, 5.74) is -0.125. The van der Waals surface area contributed by atoms with Crippen molar-refractivity contribution in [2.24, 2.45) is 5.92 Å². The molecule has 0 spiro atoms. The molecule has 1 aliphatic heterocycles. The summed E-state index contributed by atoms with van der Waals surface area (Å²) in [7, 11) is 0. The molecule has 2 amide bonds. The summed E-state index contributed by atoms with van der Waals surface area (Å²) >= 11 is 0. The quantitative estimate of drug-likeness (QED) is 0.772. The van der Waals surface area contributed by atoms with Gasteiger partial charge in [-0.2, -0.15) is 0 Å². The number of carbonyl (C=O) groups excluding carboxylic acids is 1. The Labute approximate surface area is 98.1 Å². The first-order chi connectivity index (χ1) is 7.53. The van der Waals surface area contributed by atoms with Gasteiger partial charge < -0.3 is 15.4 Å². The lowest BCUT2D eigenvalue weighted by Crippen LogP contribution is -2.49. The van der Waals surface area contributed by atoms with Crippen LogP contribution in [0.2, 0.25) is 0 Å². The van der Waals surface area contributed by atoms with Gasteiger partial charge in [0, 0.05) is 25.3 Å². The standard InChI is InChI=1S/C12H24N2O2/c1-4-12(2,3)14-11(15)13-9-10-5-7-16-8-6-10/h10H,4-9H2,1-3H3,(H2,13,14,15). The summed E-state index contributed by atoms with van der Waals surface area (Å²) in [6.45, 7) is 8.54. The van der Waals surface area contributed by atoms with Crippen LogP contribution in [0, 0.1) is 5.92 Å². The molecule has 0 atom stereocenters. The third kappa shape index (κ3) is 4.84.